The van der Waals surface area contributed by atoms with Gasteiger partial charge in [0.2, 0.25) is 60.1 Å². The maximum absolute atomic E-state index is 14.8. The molecule has 6 fully saturated rings. The number of benzene rings is 14. The number of halogens is 2. The Morgan fingerprint density at radius 3 is 0.879 bits per heavy atom. The van der Waals surface area contributed by atoms with E-state index in [4.69, 9.17) is 27.9 Å². The van der Waals surface area contributed by atoms with Gasteiger partial charge in [-0.15, -0.1) is 0 Å². The molecule has 20 rings (SSSR count). The number of rotatable bonds is 19. The number of aryl methyl sites for hydroxylation is 6. The molecule has 6 saturated heterocycles. The van der Waals surface area contributed by atoms with Crippen molar-refractivity contribution in [3.63, 3.8) is 0 Å². The van der Waals surface area contributed by atoms with Gasteiger partial charge in [-0.2, -0.15) is 25.8 Å². The number of methoxy groups -OCH3 is 1. The van der Waals surface area contributed by atoms with Crippen LogP contribution >= 0.6 is 23.2 Å². The first-order valence-electron chi connectivity index (χ1n) is 46.7. The summed E-state index contributed by atoms with van der Waals surface area (Å²) in [6.45, 7) is 11.0. The molecule has 0 spiro atoms. The number of nitrogens with zero attached hydrogens (tertiary/aromatic N) is 6. The van der Waals surface area contributed by atoms with Crippen molar-refractivity contribution in [3.8, 4) is 5.75 Å². The SMILES string of the molecule is COc1ccc([C@@H]2CC(=O)[C@@H]3CN(S(=O)(=O)c4ccc(C)cc4)[C@H](c4cccc(Cl)c4)C[C@@H]3N2S(=O)(=O)c2ccccc2)cc1.Cc1ccc(S(=O)(=O)N2C[C@H]3C(=O)C[C@@H](c4ccc(Cl)cc4)N(S(=O)(=O)c4ccc(C)cc4)[C@H]3C[C@H]2c2cccc3ccccc23)cc1.Cc1ccc([C@@H]2CC(=O)[C@@H]3CN(S(=O)(=O)c4ccc(C)cc4)[C@H](c4cccc5ccccc45)C[C@@H]3N2S(=O)(=O)c2ccc(C)cc2)cc1. The molecule has 22 nitrogen and oxygen atoms in total. The van der Waals surface area contributed by atoms with E-state index in [1.807, 2.05) is 151 Å². The standard InChI is InChI=1S/C39H38N2O5S2.C38H35ClN2O5S2.C34H33ClN2O6S2/c1-26-11-17-30(18-12-26)36-24-39(42)35-25-40(47(43,44)31-19-13-27(2)14-20-31)37(34-10-6-8-29-7-4-5-9-33(29)34)23-38(35)41(36)48(45,46)32-21-15-28(3)16-22-32;1-25-10-18-30(19-11-25)47(43,44)40-24-34-37(22-36(40)33-9-5-7-27-6-3-4-8-32(27)33)41(48(45,46)31-20-12-26(2)13-21-31)35(23-38(34)42)28-14-16-29(39)17-15-28;1-23-11-17-29(18-12-23)44(39,40)36-22-30-33(20-31(36)25-7-6-8-26(35)19-25)37(45(41,42)28-9-4-3-5-10-28)32(21-34(30)38)24-13-15-27(43-2)16-14-24/h4-22,35-38H,23-25H2,1-3H3;3-21,34-37H,22-24H2,1-2H3;3-19,30-33H,20-22H2,1-2H3/t35-,36+,37+,38+;34-,35+,36+,37+;30-,31+,32+,33+/m111/s1. The van der Waals surface area contributed by atoms with Crippen molar-refractivity contribution in [1.29, 1.82) is 0 Å². The second-order valence-electron chi connectivity index (χ2n) is 37.4. The van der Waals surface area contributed by atoms with Gasteiger partial charge in [-0.1, -0.05) is 281 Å². The highest BCUT2D eigenvalue weighted by molar-refractivity contribution is 7.90. The van der Waals surface area contributed by atoms with Crippen molar-refractivity contribution in [2.75, 3.05) is 26.7 Å². The maximum atomic E-state index is 14.8. The Kier molecular flexibility index (Phi) is 28.5. The minimum absolute atomic E-state index is 0.0489. The van der Waals surface area contributed by atoms with E-state index in [9.17, 15) is 64.9 Å². The molecule has 14 aromatic rings. The Labute approximate surface area is 835 Å². The van der Waals surface area contributed by atoms with Crippen molar-refractivity contribution in [2.45, 2.75) is 164 Å². The number of Topliss-reactive ketones (excluding diaryl/α,β-unsaturated/α-hetero) is 3. The average molecular weight is 2040 g/mol. The van der Waals surface area contributed by atoms with E-state index >= 15 is 0 Å². The Morgan fingerprint density at radius 2 is 0.539 bits per heavy atom. The van der Waals surface area contributed by atoms with E-state index in [0.29, 0.717) is 32.5 Å². The summed E-state index contributed by atoms with van der Waals surface area (Å²) in [4.78, 5) is 43.1. The van der Waals surface area contributed by atoms with Crippen molar-refractivity contribution in [2.24, 2.45) is 17.8 Å². The molecule has 0 aromatic heterocycles. The number of ketones is 3. The van der Waals surface area contributed by atoms with Crippen LogP contribution in [0, 0.1) is 59.3 Å². The van der Waals surface area contributed by atoms with E-state index in [2.05, 4.69) is 0 Å². The molecular weight excluding hydrogens is 1940 g/mol. The molecule has 6 heterocycles. The molecule has 0 radical (unpaired) electrons. The summed E-state index contributed by atoms with van der Waals surface area (Å²) >= 11 is 12.6. The van der Waals surface area contributed by atoms with Crippen LogP contribution in [0.2, 0.25) is 10.0 Å². The minimum Gasteiger partial charge on any atom is -0.497 e. The normalized spacial score (nSPS) is 22.6. The van der Waals surface area contributed by atoms with Crippen molar-refractivity contribution < 1.29 is 69.6 Å². The lowest BCUT2D eigenvalue weighted by Crippen LogP contribution is -2.60. The minimum atomic E-state index is -4.16. The van der Waals surface area contributed by atoms with Gasteiger partial charge in [-0.25, -0.2) is 50.5 Å². The highest BCUT2D eigenvalue weighted by Crippen LogP contribution is 2.54. The molecule has 0 N–H and O–H groups in total. The number of hydrogen-bond acceptors (Lipinski definition) is 16. The summed E-state index contributed by atoms with van der Waals surface area (Å²) in [5, 5.41) is 4.57. The third-order valence-electron chi connectivity index (χ3n) is 28.5. The number of piperidine rings is 6. The molecule has 14 aromatic carbocycles. The van der Waals surface area contributed by atoms with Gasteiger partial charge in [0.05, 0.1) is 72.7 Å². The van der Waals surface area contributed by atoms with Gasteiger partial charge >= 0.3 is 0 Å². The number of carbonyl (C=O) groups excluding carboxylic acids is 3. The molecule has 0 saturated carbocycles. The predicted molar refractivity (Wildman–Crippen MR) is 547 cm³/mol. The monoisotopic (exact) mass is 2040 g/mol. The zero-order valence-electron chi connectivity index (χ0n) is 78.5. The van der Waals surface area contributed by atoms with Crippen LogP contribution in [0.5, 0.6) is 5.75 Å². The van der Waals surface area contributed by atoms with Gasteiger partial charge in [0.1, 0.15) is 23.1 Å². The van der Waals surface area contributed by atoms with Gasteiger partial charge in [-0.3, -0.25) is 14.4 Å². The summed E-state index contributed by atoms with van der Waals surface area (Å²) in [5.41, 5.74) is 9.83. The van der Waals surface area contributed by atoms with Crippen molar-refractivity contribution >= 4 is 122 Å². The molecule has 30 heteroatoms. The summed E-state index contributed by atoms with van der Waals surface area (Å²) < 4.78 is 189. The first kappa shape index (κ1) is 99.6. The third-order valence-corrected chi connectivity index (χ3v) is 40.5. The number of fused-ring (bicyclic) bond motifs is 5. The van der Waals surface area contributed by atoms with Crippen LogP contribution in [0.4, 0.5) is 0 Å². The number of hydrogen-bond donors (Lipinski definition) is 0. The Hall–Kier alpha value is -11.6. The highest BCUT2D eigenvalue weighted by Gasteiger charge is 2.59. The smallest absolute Gasteiger partial charge is 0.243 e. The van der Waals surface area contributed by atoms with Gasteiger partial charge in [0, 0.05) is 84.8 Å². The Balaban J connectivity index is 0.000000140. The lowest BCUT2D eigenvalue weighted by molar-refractivity contribution is -0.133. The maximum Gasteiger partial charge on any atom is 0.243 e. The lowest BCUT2D eigenvalue weighted by atomic mass is 9.77. The average Bonchev–Trinajstić information content (AvgIpc) is 0.723. The molecule has 6 aliphatic rings. The summed E-state index contributed by atoms with van der Waals surface area (Å²) in [7, 11) is -23.1. The number of ether oxygens (including phenoxy) is 1. The summed E-state index contributed by atoms with van der Waals surface area (Å²) in [5.74, 6) is -2.50. The quantitative estimate of drug-likeness (QED) is 0.0727. The Morgan fingerprint density at radius 1 is 0.262 bits per heavy atom. The first-order chi connectivity index (χ1) is 67.4. The van der Waals surface area contributed by atoms with Crippen molar-refractivity contribution in [3.05, 3.63) is 410 Å². The number of sulfonamides is 6. The van der Waals surface area contributed by atoms with Gasteiger partial charge < -0.3 is 4.74 Å². The second kappa shape index (κ2) is 40.3. The van der Waals surface area contributed by atoms with E-state index in [0.717, 1.165) is 71.6 Å². The van der Waals surface area contributed by atoms with Crippen LogP contribution in [0.1, 0.15) is 142 Å². The molecule has 726 valence electrons. The fourth-order valence-corrected chi connectivity index (χ4v) is 32.0. The lowest BCUT2D eigenvalue weighted by Gasteiger charge is -2.51. The van der Waals surface area contributed by atoms with E-state index in [1.165, 1.54) is 38.0 Å². The highest BCUT2D eigenvalue weighted by atomic mass is 35.5. The summed E-state index contributed by atoms with van der Waals surface area (Å²) in [6.07, 6.45) is 0.0198. The topological polar surface area (TPSA) is 285 Å². The molecule has 141 heavy (non-hydrogen) atoms. The van der Waals surface area contributed by atoms with E-state index < -0.39 is 132 Å². The fourth-order valence-electron chi connectivity index (χ4n) is 21.1. The summed E-state index contributed by atoms with van der Waals surface area (Å²) in [6, 6.07) is 90.2. The molecule has 0 amide bonds. The Bertz CT molecular complexity index is 7490. The zero-order chi connectivity index (χ0) is 99.5. The van der Waals surface area contributed by atoms with Gasteiger partial charge in [0.25, 0.3) is 0 Å². The van der Waals surface area contributed by atoms with Gasteiger partial charge in [-0.05, 0) is 225 Å². The molecule has 0 bridgehead atoms. The van der Waals surface area contributed by atoms with E-state index in [1.54, 1.807) is 219 Å². The van der Waals surface area contributed by atoms with Crippen LogP contribution in [-0.4, -0.2) is 139 Å². The predicted octanol–water partition coefficient (Wildman–Crippen LogP) is 21.1. The molecule has 0 aliphatic carbocycles. The van der Waals surface area contributed by atoms with Crippen molar-refractivity contribution in [1.82, 2.24) is 25.8 Å². The molecule has 12 atom stereocenters. The van der Waals surface area contributed by atoms with Crippen LogP contribution < -0.4 is 4.74 Å². The zero-order valence-corrected chi connectivity index (χ0v) is 84.9. The van der Waals surface area contributed by atoms with Crippen LogP contribution in [0.3, 0.4) is 0 Å². The van der Waals surface area contributed by atoms with Gasteiger partial charge in [0.15, 0.2) is 0 Å². The van der Waals surface area contributed by atoms with Crippen LogP contribution in [0.15, 0.2) is 363 Å². The molecule has 6 aliphatic heterocycles. The van der Waals surface area contributed by atoms with Crippen LogP contribution in [-0.2, 0) is 74.5 Å². The first-order valence-corrected chi connectivity index (χ1v) is 56.1. The fraction of sp³-hybridized carbons (Fsp3) is 0.252. The second-order valence-corrected chi connectivity index (χ2v) is 49.4. The van der Waals surface area contributed by atoms with E-state index in [-0.39, 0.29) is 105 Å². The van der Waals surface area contributed by atoms with Crippen LogP contribution in [0.25, 0.3) is 21.5 Å². The molecular formula is C111H106Cl2N6O16S6. The number of carbonyl (C=O) groups is 3. The third kappa shape index (κ3) is 19.8. The largest absolute Gasteiger partial charge is 0.497 e. The molecule has 0 unspecified atom stereocenters.